The molecule has 1 atom stereocenters. The van der Waals surface area contributed by atoms with E-state index in [9.17, 15) is 4.79 Å². The summed E-state index contributed by atoms with van der Waals surface area (Å²) < 4.78 is 1.93. The first-order valence-electron chi connectivity index (χ1n) is 4.85. The van der Waals surface area contributed by atoms with Gasteiger partial charge in [-0.1, -0.05) is 30.3 Å². The number of rotatable bonds is 3. The van der Waals surface area contributed by atoms with Gasteiger partial charge in [0.2, 0.25) is 0 Å². The summed E-state index contributed by atoms with van der Waals surface area (Å²) in [5, 5.41) is 0. The summed E-state index contributed by atoms with van der Waals surface area (Å²) in [5.41, 5.74) is 1.67. The predicted octanol–water partition coefficient (Wildman–Crippen LogP) is 2.30. The number of imidazole rings is 1. The third-order valence-corrected chi connectivity index (χ3v) is 2.47. The molecule has 0 aliphatic carbocycles. The lowest BCUT2D eigenvalue weighted by Crippen LogP contribution is -2.03. The zero-order chi connectivity index (χ0) is 10.7. The van der Waals surface area contributed by atoms with Gasteiger partial charge in [0.15, 0.2) is 6.29 Å². The van der Waals surface area contributed by atoms with Gasteiger partial charge in [0.25, 0.3) is 0 Å². The van der Waals surface area contributed by atoms with E-state index in [2.05, 4.69) is 24.0 Å². The molecule has 76 valence electrons. The molecule has 0 unspecified atom stereocenters. The lowest BCUT2D eigenvalue weighted by molar-refractivity contribution is 0.111. The van der Waals surface area contributed by atoms with Gasteiger partial charge in [-0.3, -0.25) is 4.79 Å². The van der Waals surface area contributed by atoms with Crippen molar-refractivity contribution in [3.8, 4) is 0 Å². The van der Waals surface area contributed by atoms with Gasteiger partial charge in [0.1, 0.15) is 5.69 Å². The number of hydrogen-bond acceptors (Lipinski definition) is 2. The largest absolute Gasteiger partial charge is 0.330 e. The van der Waals surface area contributed by atoms with Crippen molar-refractivity contribution >= 4 is 6.29 Å². The van der Waals surface area contributed by atoms with Gasteiger partial charge < -0.3 is 4.57 Å². The minimum atomic E-state index is 0.201. The fourth-order valence-corrected chi connectivity index (χ4v) is 1.53. The molecule has 0 aliphatic heterocycles. The van der Waals surface area contributed by atoms with Crippen LogP contribution in [0.5, 0.6) is 0 Å². The first-order chi connectivity index (χ1) is 7.31. The molecule has 2 rings (SSSR count). The quantitative estimate of drug-likeness (QED) is 0.712. The number of carbonyl (C=O) groups excluding carboxylic acids is 1. The number of aromatic nitrogens is 2. The van der Waals surface area contributed by atoms with E-state index in [-0.39, 0.29) is 6.04 Å². The highest BCUT2D eigenvalue weighted by Crippen LogP contribution is 2.16. The summed E-state index contributed by atoms with van der Waals surface area (Å²) >= 11 is 0. The summed E-state index contributed by atoms with van der Waals surface area (Å²) in [6.45, 7) is 2.07. The van der Waals surface area contributed by atoms with Crippen molar-refractivity contribution in [1.82, 2.24) is 9.55 Å². The van der Waals surface area contributed by atoms with Crippen LogP contribution in [0.15, 0.2) is 42.9 Å². The second kappa shape index (κ2) is 4.09. The first kappa shape index (κ1) is 9.65. The highest BCUT2D eigenvalue weighted by Gasteiger charge is 2.07. The van der Waals surface area contributed by atoms with Crippen molar-refractivity contribution in [3.05, 3.63) is 54.1 Å². The maximum absolute atomic E-state index is 10.5. The molecule has 0 bridgehead atoms. The molecule has 1 aromatic heterocycles. The Balaban J connectivity index is 2.28. The second-order valence-electron chi connectivity index (χ2n) is 3.45. The van der Waals surface area contributed by atoms with Gasteiger partial charge in [-0.15, -0.1) is 0 Å². The Morgan fingerprint density at radius 2 is 2.07 bits per heavy atom. The van der Waals surface area contributed by atoms with Gasteiger partial charge >= 0.3 is 0 Å². The monoisotopic (exact) mass is 200 g/mol. The molecular formula is C12H12N2O. The third-order valence-electron chi connectivity index (χ3n) is 2.47. The van der Waals surface area contributed by atoms with Crippen LogP contribution in [0.3, 0.4) is 0 Å². The van der Waals surface area contributed by atoms with Crippen LogP contribution in [0.1, 0.15) is 29.0 Å². The Bertz CT molecular complexity index is 448. The van der Waals surface area contributed by atoms with Gasteiger partial charge in [-0.05, 0) is 12.5 Å². The number of carbonyl (C=O) groups is 1. The number of nitrogens with zero attached hydrogens (tertiary/aromatic N) is 2. The normalized spacial score (nSPS) is 12.3. The third kappa shape index (κ3) is 1.96. The highest BCUT2D eigenvalue weighted by atomic mass is 16.1. The molecule has 0 saturated carbocycles. The Kier molecular flexibility index (Phi) is 2.63. The molecule has 3 nitrogen and oxygen atoms in total. The molecule has 0 saturated heterocycles. The SMILES string of the molecule is C[C@@H](c1ccccc1)n1cnc(C=O)c1. The second-order valence-corrected chi connectivity index (χ2v) is 3.45. The molecule has 15 heavy (non-hydrogen) atoms. The Morgan fingerprint density at radius 1 is 1.33 bits per heavy atom. The van der Waals surface area contributed by atoms with Crippen LogP contribution >= 0.6 is 0 Å². The summed E-state index contributed by atoms with van der Waals surface area (Å²) in [5.74, 6) is 0. The van der Waals surface area contributed by atoms with Crippen LogP contribution in [-0.2, 0) is 0 Å². The maximum Gasteiger partial charge on any atom is 0.169 e. The van der Waals surface area contributed by atoms with Crippen LogP contribution < -0.4 is 0 Å². The van der Waals surface area contributed by atoms with E-state index in [0.29, 0.717) is 5.69 Å². The van der Waals surface area contributed by atoms with Crippen molar-refractivity contribution in [2.24, 2.45) is 0 Å². The van der Waals surface area contributed by atoms with Crippen molar-refractivity contribution in [2.45, 2.75) is 13.0 Å². The van der Waals surface area contributed by atoms with Crippen LogP contribution in [0, 0.1) is 0 Å². The molecule has 0 N–H and O–H groups in total. The van der Waals surface area contributed by atoms with E-state index < -0.39 is 0 Å². The van der Waals surface area contributed by atoms with E-state index in [0.717, 1.165) is 6.29 Å². The zero-order valence-electron chi connectivity index (χ0n) is 8.50. The fraction of sp³-hybridized carbons (Fsp3) is 0.167. The summed E-state index contributed by atoms with van der Waals surface area (Å²) in [6, 6.07) is 10.3. The van der Waals surface area contributed by atoms with Crippen molar-refractivity contribution < 1.29 is 4.79 Å². The van der Waals surface area contributed by atoms with Gasteiger partial charge in [-0.2, -0.15) is 0 Å². The first-order valence-corrected chi connectivity index (χ1v) is 4.85. The minimum absolute atomic E-state index is 0.201. The van der Waals surface area contributed by atoms with Crippen LogP contribution in [0.25, 0.3) is 0 Å². The molecule has 0 spiro atoms. The highest BCUT2D eigenvalue weighted by molar-refractivity contribution is 5.71. The molecule has 3 heteroatoms. The van der Waals surface area contributed by atoms with Crippen molar-refractivity contribution in [3.63, 3.8) is 0 Å². The number of hydrogen-bond donors (Lipinski definition) is 0. The number of aldehydes is 1. The van der Waals surface area contributed by atoms with E-state index >= 15 is 0 Å². The average Bonchev–Trinajstić information content (AvgIpc) is 2.78. The van der Waals surface area contributed by atoms with Gasteiger partial charge in [-0.25, -0.2) is 4.98 Å². The summed E-state index contributed by atoms with van der Waals surface area (Å²) in [6.07, 6.45) is 4.19. The Labute approximate surface area is 88.4 Å². The lowest BCUT2D eigenvalue weighted by Gasteiger charge is -2.12. The Hall–Kier alpha value is -1.90. The van der Waals surface area contributed by atoms with Gasteiger partial charge in [0, 0.05) is 6.20 Å². The summed E-state index contributed by atoms with van der Waals surface area (Å²) in [4.78, 5) is 14.5. The molecule has 0 amide bonds. The average molecular weight is 200 g/mol. The smallest absolute Gasteiger partial charge is 0.169 e. The molecular weight excluding hydrogens is 188 g/mol. The van der Waals surface area contributed by atoms with E-state index in [1.54, 1.807) is 12.5 Å². The van der Waals surface area contributed by atoms with Gasteiger partial charge in [0.05, 0.1) is 12.4 Å². The Morgan fingerprint density at radius 3 is 2.67 bits per heavy atom. The molecule has 2 aromatic rings. The topological polar surface area (TPSA) is 34.9 Å². The molecule has 1 heterocycles. The molecule has 1 aromatic carbocycles. The van der Waals surface area contributed by atoms with Crippen LogP contribution in [-0.4, -0.2) is 15.8 Å². The fourth-order valence-electron chi connectivity index (χ4n) is 1.53. The lowest BCUT2D eigenvalue weighted by atomic mass is 10.1. The molecule has 0 aliphatic rings. The van der Waals surface area contributed by atoms with E-state index in [1.807, 2.05) is 22.8 Å². The minimum Gasteiger partial charge on any atom is -0.330 e. The maximum atomic E-state index is 10.5. The van der Waals surface area contributed by atoms with Crippen LogP contribution in [0.2, 0.25) is 0 Å². The molecule has 0 radical (unpaired) electrons. The number of benzene rings is 1. The van der Waals surface area contributed by atoms with Crippen molar-refractivity contribution in [1.29, 1.82) is 0 Å². The predicted molar refractivity (Wildman–Crippen MR) is 57.9 cm³/mol. The standard InChI is InChI=1S/C12H12N2O/c1-10(11-5-3-2-4-6-11)14-7-12(8-15)13-9-14/h2-10H,1H3/t10-/m0/s1. The summed E-state index contributed by atoms with van der Waals surface area (Å²) in [7, 11) is 0. The molecule has 0 fully saturated rings. The van der Waals surface area contributed by atoms with Crippen molar-refractivity contribution in [2.75, 3.05) is 0 Å². The van der Waals surface area contributed by atoms with E-state index in [4.69, 9.17) is 0 Å². The van der Waals surface area contributed by atoms with Crippen LogP contribution in [0.4, 0.5) is 0 Å². The van der Waals surface area contributed by atoms with E-state index in [1.165, 1.54) is 5.56 Å². The zero-order valence-corrected chi connectivity index (χ0v) is 8.50.